The van der Waals surface area contributed by atoms with Gasteiger partial charge in [-0.25, -0.2) is 0 Å². The first-order valence-electron chi connectivity index (χ1n) is 6.91. The van der Waals surface area contributed by atoms with Crippen LogP contribution in [0, 0.1) is 0 Å². The van der Waals surface area contributed by atoms with Gasteiger partial charge in [0.15, 0.2) is 0 Å². The monoisotopic (exact) mass is 312 g/mol. The third kappa shape index (κ3) is 5.32. The molecule has 5 heteroatoms. The van der Waals surface area contributed by atoms with Crippen LogP contribution in [-0.2, 0) is 9.59 Å². The smallest absolute Gasteiger partial charge is 0.308 e. The molecular weight excluding hydrogens is 296 g/mol. The third-order valence-electron chi connectivity index (χ3n) is 2.79. The number of rotatable bonds is 4. The predicted octanol–water partition coefficient (Wildman–Crippen LogP) is 3.41. The molecule has 0 saturated heterocycles. The molecule has 0 aliphatic heterocycles. The molecule has 0 saturated carbocycles. The topological polar surface area (TPSA) is 72.8 Å². The molecule has 0 amide bonds. The molecule has 0 aliphatic rings. The van der Waals surface area contributed by atoms with E-state index in [1.54, 1.807) is 42.5 Å². The van der Waals surface area contributed by atoms with Gasteiger partial charge < -0.3 is 14.6 Å². The van der Waals surface area contributed by atoms with Gasteiger partial charge >= 0.3 is 11.9 Å². The number of phenolic OH excluding ortho intramolecular Hbond substituents is 1. The van der Waals surface area contributed by atoms with E-state index in [1.165, 1.54) is 19.9 Å². The van der Waals surface area contributed by atoms with Crippen LogP contribution in [0.25, 0.3) is 12.2 Å². The number of carbonyl (C=O) groups is 2. The summed E-state index contributed by atoms with van der Waals surface area (Å²) in [6.07, 6.45) is 3.61. The maximum absolute atomic E-state index is 11.1. The normalized spacial score (nSPS) is 10.5. The average molecular weight is 312 g/mol. The Kier molecular flexibility index (Phi) is 5.15. The van der Waals surface area contributed by atoms with Crippen molar-refractivity contribution in [2.75, 3.05) is 0 Å². The molecule has 2 rings (SSSR count). The Morgan fingerprint density at radius 2 is 1.30 bits per heavy atom. The summed E-state index contributed by atoms with van der Waals surface area (Å²) in [4.78, 5) is 22.2. The summed E-state index contributed by atoms with van der Waals surface area (Å²) in [5.74, 6) is -0.142. The average Bonchev–Trinajstić information content (AvgIpc) is 2.45. The van der Waals surface area contributed by atoms with Crippen molar-refractivity contribution in [2.24, 2.45) is 0 Å². The van der Waals surface area contributed by atoms with Crippen LogP contribution in [-0.4, -0.2) is 17.0 Å². The molecule has 2 aromatic carbocycles. The highest BCUT2D eigenvalue weighted by atomic mass is 16.5. The number of aromatic hydroxyl groups is 1. The van der Waals surface area contributed by atoms with E-state index >= 15 is 0 Å². The molecule has 0 atom stereocenters. The summed E-state index contributed by atoms with van der Waals surface area (Å²) in [6, 6.07) is 11.5. The molecule has 1 N–H and O–H groups in total. The van der Waals surface area contributed by atoms with E-state index in [-0.39, 0.29) is 5.75 Å². The Morgan fingerprint density at radius 1 is 0.826 bits per heavy atom. The highest BCUT2D eigenvalue weighted by Crippen LogP contribution is 2.25. The summed E-state index contributed by atoms with van der Waals surface area (Å²) in [5, 5.41) is 9.26. The largest absolute Gasteiger partial charge is 0.508 e. The Morgan fingerprint density at radius 3 is 1.78 bits per heavy atom. The second kappa shape index (κ2) is 7.26. The molecule has 118 valence electrons. The molecule has 0 spiro atoms. The van der Waals surface area contributed by atoms with E-state index in [1.807, 2.05) is 6.08 Å². The van der Waals surface area contributed by atoms with Gasteiger partial charge in [0.05, 0.1) is 0 Å². The van der Waals surface area contributed by atoms with E-state index in [4.69, 9.17) is 9.47 Å². The van der Waals surface area contributed by atoms with Gasteiger partial charge in [0.25, 0.3) is 0 Å². The van der Waals surface area contributed by atoms with Crippen molar-refractivity contribution < 1.29 is 24.2 Å². The maximum Gasteiger partial charge on any atom is 0.308 e. The highest BCUT2D eigenvalue weighted by Gasteiger charge is 2.06. The summed E-state index contributed by atoms with van der Waals surface area (Å²) < 4.78 is 10.1. The Labute approximate surface area is 133 Å². The molecule has 2 aromatic rings. The van der Waals surface area contributed by atoms with Gasteiger partial charge in [0.2, 0.25) is 0 Å². The van der Waals surface area contributed by atoms with Crippen molar-refractivity contribution >= 4 is 24.1 Å². The standard InChI is InChI=1S/C18H16O5/c1-12(19)22-17-9-15(10-18(11-17)23-13(2)20)4-3-14-5-7-16(21)8-6-14/h3-11,21H,1-2H3/b4-3+. The lowest BCUT2D eigenvalue weighted by atomic mass is 10.1. The minimum atomic E-state index is -0.460. The summed E-state index contributed by atoms with van der Waals surface area (Å²) >= 11 is 0. The van der Waals surface area contributed by atoms with Gasteiger partial charge in [0, 0.05) is 19.9 Å². The van der Waals surface area contributed by atoms with Gasteiger partial charge in [-0.1, -0.05) is 24.3 Å². The fourth-order valence-electron chi connectivity index (χ4n) is 1.92. The van der Waals surface area contributed by atoms with Crippen LogP contribution >= 0.6 is 0 Å². The molecule has 0 bridgehead atoms. The molecule has 5 nitrogen and oxygen atoms in total. The van der Waals surface area contributed by atoms with Gasteiger partial charge in [-0.05, 0) is 35.4 Å². The van der Waals surface area contributed by atoms with Crippen LogP contribution < -0.4 is 9.47 Å². The van der Waals surface area contributed by atoms with Gasteiger partial charge in [-0.3, -0.25) is 9.59 Å². The van der Waals surface area contributed by atoms with Crippen molar-refractivity contribution in [3.63, 3.8) is 0 Å². The lowest BCUT2D eigenvalue weighted by molar-refractivity contribution is -0.132. The van der Waals surface area contributed by atoms with Crippen LogP contribution in [0.3, 0.4) is 0 Å². The van der Waals surface area contributed by atoms with E-state index in [0.29, 0.717) is 17.1 Å². The van der Waals surface area contributed by atoms with Crippen LogP contribution in [0.1, 0.15) is 25.0 Å². The zero-order chi connectivity index (χ0) is 16.8. The van der Waals surface area contributed by atoms with E-state index in [0.717, 1.165) is 5.56 Å². The first-order chi connectivity index (χ1) is 10.9. The van der Waals surface area contributed by atoms with Crippen LogP contribution in [0.2, 0.25) is 0 Å². The summed E-state index contributed by atoms with van der Waals surface area (Å²) in [5.41, 5.74) is 1.59. The van der Waals surface area contributed by atoms with E-state index in [9.17, 15) is 14.7 Å². The van der Waals surface area contributed by atoms with E-state index in [2.05, 4.69) is 0 Å². The minimum Gasteiger partial charge on any atom is -0.508 e. The van der Waals surface area contributed by atoms with Crippen LogP contribution in [0.5, 0.6) is 17.2 Å². The Hall–Kier alpha value is -3.08. The van der Waals surface area contributed by atoms with Gasteiger partial charge in [-0.2, -0.15) is 0 Å². The minimum absolute atomic E-state index is 0.191. The third-order valence-corrected chi connectivity index (χ3v) is 2.79. The first kappa shape index (κ1) is 16.3. The highest BCUT2D eigenvalue weighted by molar-refractivity contribution is 5.75. The molecule has 0 fully saturated rings. The van der Waals surface area contributed by atoms with Crippen LogP contribution in [0.4, 0.5) is 0 Å². The Bertz CT molecular complexity index is 710. The zero-order valence-corrected chi connectivity index (χ0v) is 12.8. The SMILES string of the molecule is CC(=O)Oc1cc(/C=C/c2ccc(O)cc2)cc(OC(C)=O)c1. The number of carbonyl (C=O) groups excluding carboxylic acids is 2. The Balaban J connectivity index is 2.29. The summed E-state index contributed by atoms with van der Waals surface area (Å²) in [7, 11) is 0. The fraction of sp³-hybridized carbons (Fsp3) is 0.111. The molecular formula is C18H16O5. The predicted molar refractivity (Wildman–Crippen MR) is 86.1 cm³/mol. The lowest BCUT2D eigenvalue weighted by Gasteiger charge is -2.07. The van der Waals surface area contributed by atoms with Crippen molar-refractivity contribution in [3.05, 3.63) is 53.6 Å². The molecule has 0 aliphatic carbocycles. The molecule has 0 radical (unpaired) electrons. The van der Waals surface area contributed by atoms with Gasteiger partial charge in [-0.15, -0.1) is 0 Å². The molecule has 0 heterocycles. The van der Waals surface area contributed by atoms with E-state index < -0.39 is 11.9 Å². The number of phenols is 1. The lowest BCUT2D eigenvalue weighted by Crippen LogP contribution is -2.04. The maximum atomic E-state index is 11.1. The first-order valence-corrected chi connectivity index (χ1v) is 6.91. The van der Waals surface area contributed by atoms with Gasteiger partial charge in [0.1, 0.15) is 17.2 Å². The second-order valence-corrected chi connectivity index (χ2v) is 4.85. The number of hydrogen-bond acceptors (Lipinski definition) is 5. The molecule has 0 aromatic heterocycles. The number of ether oxygens (including phenoxy) is 2. The number of benzene rings is 2. The van der Waals surface area contributed by atoms with Crippen LogP contribution in [0.15, 0.2) is 42.5 Å². The quantitative estimate of drug-likeness (QED) is 0.532. The second-order valence-electron chi connectivity index (χ2n) is 4.85. The fourth-order valence-corrected chi connectivity index (χ4v) is 1.92. The zero-order valence-electron chi connectivity index (χ0n) is 12.8. The molecule has 23 heavy (non-hydrogen) atoms. The number of esters is 2. The number of hydrogen-bond donors (Lipinski definition) is 1. The van der Waals surface area contributed by atoms with Crippen molar-refractivity contribution in [1.29, 1.82) is 0 Å². The van der Waals surface area contributed by atoms with Crippen molar-refractivity contribution in [2.45, 2.75) is 13.8 Å². The van der Waals surface area contributed by atoms with Crippen molar-refractivity contribution in [1.82, 2.24) is 0 Å². The summed E-state index contributed by atoms with van der Waals surface area (Å²) in [6.45, 7) is 2.59. The van der Waals surface area contributed by atoms with Crippen molar-refractivity contribution in [3.8, 4) is 17.2 Å². The molecule has 0 unspecified atom stereocenters.